The van der Waals surface area contributed by atoms with Crippen molar-refractivity contribution in [3.8, 4) is 5.75 Å². The van der Waals surface area contributed by atoms with Gasteiger partial charge in [-0.1, -0.05) is 23.4 Å². The van der Waals surface area contributed by atoms with Gasteiger partial charge >= 0.3 is 0 Å². The zero-order chi connectivity index (χ0) is 9.68. The summed E-state index contributed by atoms with van der Waals surface area (Å²) in [6.45, 7) is 1.86. The van der Waals surface area contributed by atoms with Crippen molar-refractivity contribution < 1.29 is 9.94 Å². The highest BCUT2D eigenvalue weighted by Crippen LogP contribution is 2.16. The summed E-state index contributed by atoms with van der Waals surface area (Å²) >= 11 is 0. The third kappa shape index (κ3) is 2.78. The summed E-state index contributed by atoms with van der Waals surface area (Å²) in [6.07, 6.45) is 0.612. The Balaban J connectivity index is 2.74. The molecule has 3 heteroatoms. The van der Waals surface area contributed by atoms with Gasteiger partial charge in [-0.15, -0.1) is 0 Å². The number of hydrogen-bond donors (Lipinski definition) is 1. The molecule has 0 atom stereocenters. The predicted molar refractivity (Wildman–Crippen MR) is 51.9 cm³/mol. The molecule has 0 radical (unpaired) electrons. The molecular weight excluding hydrogens is 166 g/mol. The number of oxime groups is 1. The van der Waals surface area contributed by atoms with E-state index in [1.165, 1.54) is 7.11 Å². The average Bonchev–Trinajstić information content (AvgIpc) is 2.09. The normalized spacial score (nSPS) is 11.4. The van der Waals surface area contributed by atoms with Crippen LogP contribution in [0.5, 0.6) is 5.75 Å². The summed E-state index contributed by atoms with van der Waals surface area (Å²) in [5.74, 6) is 0.299. The van der Waals surface area contributed by atoms with Crippen molar-refractivity contribution in [1.29, 1.82) is 0 Å². The Morgan fingerprint density at radius 2 is 2.15 bits per heavy atom. The van der Waals surface area contributed by atoms with Crippen LogP contribution in [0.1, 0.15) is 12.5 Å². The van der Waals surface area contributed by atoms with E-state index in [4.69, 9.17) is 0 Å². The number of aromatic hydroxyl groups is 1. The Bertz CT molecular complexity index is 308. The first kappa shape index (κ1) is 9.58. The van der Waals surface area contributed by atoms with Gasteiger partial charge < -0.3 is 9.94 Å². The van der Waals surface area contributed by atoms with Gasteiger partial charge in [-0.3, -0.25) is 0 Å². The molecule has 1 aromatic rings. The first-order chi connectivity index (χ1) is 6.24. The molecule has 0 spiro atoms. The van der Waals surface area contributed by atoms with Crippen molar-refractivity contribution in [2.24, 2.45) is 5.16 Å². The Hall–Kier alpha value is -1.51. The maximum atomic E-state index is 9.43. The van der Waals surface area contributed by atoms with Crippen LogP contribution in [0.15, 0.2) is 29.4 Å². The fourth-order valence-corrected chi connectivity index (χ4v) is 1.12. The van der Waals surface area contributed by atoms with Gasteiger partial charge in [0, 0.05) is 6.42 Å². The largest absolute Gasteiger partial charge is 0.508 e. The molecule has 0 heterocycles. The molecule has 0 aliphatic heterocycles. The lowest BCUT2D eigenvalue weighted by atomic mass is 10.1. The smallest absolute Gasteiger partial charge is 0.119 e. The van der Waals surface area contributed by atoms with Crippen LogP contribution in [0.2, 0.25) is 0 Å². The minimum atomic E-state index is 0.299. The molecule has 0 fully saturated rings. The lowest BCUT2D eigenvalue weighted by molar-refractivity contribution is 0.212. The van der Waals surface area contributed by atoms with Crippen LogP contribution in [-0.4, -0.2) is 17.9 Å². The summed E-state index contributed by atoms with van der Waals surface area (Å²) in [5.41, 5.74) is 1.70. The zero-order valence-electron chi connectivity index (χ0n) is 7.82. The second kappa shape index (κ2) is 4.50. The fourth-order valence-electron chi connectivity index (χ4n) is 1.12. The fraction of sp³-hybridized carbons (Fsp3) is 0.300. The van der Waals surface area contributed by atoms with E-state index in [9.17, 15) is 5.11 Å². The molecule has 0 unspecified atom stereocenters. The monoisotopic (exact) mass is 179 g/mol. The second-order valence-electron chi connectivity index (χ2n) is 2.81. The number of nitrogens with zero attached hydrogens (tertiary/aromatic N) is 1. The molecule has 0 amide bonds. The Kier molecular flexibility index (Phi) is 3.31. The highest BCUT2D eigenvalue weighted by atomic mass is 16.6. The Morgan fingerprint density at radius 3 is 2.77 bits per heavy atom. The molecule has 1 rings (SSSR count). The molecule has 13 heavy (non-hydrogen) atoms. The van der Waals surface area contributed by atoms with E-state index in [0.29, 0.717) is 12.2 Å². The number of hydrogen-bond acceptors (Lipinski definition) is 3. The topological polar surface area (TPSA) is 41.8 Å². The SMILES string of the molecule is CO/N=C(\C)Cc1ccccc1O. The molecule has 1 aromatic carbocycles. The van der Waals surface area contributed by atoms with Crippen molar-refractivity contribution in [3.05, 3.63) is 29.8 Å². The van der Waals surface area contributed by atoms with Gasteiger partial charge in [0.1, 0.15) is 12.9 Å². The maximum absolute atomic E-state index is 9.43. The van der Waals surface area contributed by atoms with Crippen LogP contribution in [0.3, 0.4) is 0 Å². The summed E-state index contributed by atoms with van der Waals surface area (Å²) < 4.78 is 0. The summed E-state index contributed by atoms with van der Waals surface area (Å²) in [7, 11) is 1.51. The number of benzene rings is 1. The molecule has 1 N–H and O–H groups in total. The maximum Gasteiger partial charge on any atom is 0.119 e. The first-order valence-electron chi connectivity index (χ1n) is 4.07. The third-order valence-corrected chi connectivity index (χ3v) is 1.69. The zero-order valence-corrected chi connectivity index (χ0v) is 7.82. The predicted octanol–water partition coefficient (Wildman–Crippen LogP) is 1.96. The molecule has 0 saturated carbocycles. The molecule has 0 bridgehead atoms. The van der Waals surface area contributed by atoms with Crippen molar-refractivity contribution in [2.45, 2.75) is 13.3 Å². The van der Waals surface area contributed by atoms with Crippen molar-refractivity contribution in [2.75, 3.05) is 7.11 Å². The quantitative estimate of drug-likeness (QED) is 0.569. The lowest BCUT2D eigenvalue weighted by Crippen LogP contribution is -1.98. The van der Waals surface area contributed by atoms with Gasteiger partial charge in [-0.05, 0) is 18.6 Å². The van der Waals surface area contributed by atoms with E-state index in [1.807, 2.05) is 19.1 Å². The molecule has 3 nitrogen and oxygen atoms in total. The van der Waals surface area contributed by atoms with Gasteiger partial charge in [-0.2, -0.15) is 0 Å². The third-order valence-electron chi connectivity index (χ3n) is 1.69. The molecule has 0 saturated heterocycles. The van der Waals surface area contributed by atoms with Gasteiger partial charge in [0.05, 0.1) is 5.71 Å². The van der Waals surface area contributed by atoms with Gasteiger partial charge in [0.15, 0.2) is 0 Å². The van der Waals surface area contributed by atoms with Crippen LogP contribution in [0, 0.1) is 0 Å². The van der Waals surface area contributed by atoms with Crippen LogP contribution in [-0.2, 0) is 11.3 Å². The Morgan fingerprint density at radius 1 is 1.46 bits per heavy atom. The van der Waals surface area contributed by atoms with Crippen LogP contribution >= 0.6 is 0 Å². The number of para-hydroxylation sites is 1. The van der Waals surface area contributed by atoms with E-state index in [1.54, 1.807) is 12.1 Å². The van der Waals surface area contributed by atoms with Gasteiger partial charge in [0.25, 0.3) is 0 Å². The van der Waals surface area contributed by atoms with E-state index < -0.39 is 0 Å². The molecule has 0 aliphatic rings. The highest BCUT2D eigenvalue weighted by molar-refractivity contribution is 5.84. The Labute approximate surface area is 77.6 Å². The average molecular weight is 179 g/mol. The molecular formula is C10H13NO2. The molecule has 70 valence electrons. The van der Waals surface area contributed by atoms with Crippen molar-refractivity contribution in [1.82, 2.24) is 0 Å². The van der Waals surface area contributed by atoms with E-state index >= 15 is 0 Å². The lowest BCUT2D eigenvalue weighted by Gasteiger charge is -2.02. The van der Waals surface area contributed by atoms with Gasteiger partial charge in [0.2, 0.25) is 0 Å². The standard InChI is InChI=1S/C10H13NO2/c1-8(11-13-2)7-9-5-3-4-6-10(9)12/h3-6,12H,7H2,1-2H3/b11-8+. The number of rotatable bonds is 3. The van der Waals surface area contributed by atoms with Crippen molar-refractivity contribution in [3.63, 3.8) is 0 Å². The summed E-state index contributed by atoms with van der Waals surface area (Å²) in [6, 6.07) is 7.20. The van der Waals surface area contributed by atoms with Crippen LogP contribution < -0.4 is 0 Å². The summed E-state index contributed by atoms with van der Waals surface area (Å²) in [4.78, 5) is 4.62. The molecule has 0 aliphatic carbocycles. The van der Waals surface area contributed by atoms with Crippen LogP contribution in [0.4, 0.5) is 0 Å². The number of phenolic OH excluding ortho intramolecular Hbond substituents is 1. The van der Waals surface area contributed by atoms with Crippen LogP contribution in [0.25, 0.3) is 0 Å². The minimum absolute atomic E-state index is 0.299. The van der Waals surface area contributed by atoms with Crippen molar-refractivity contribution >= 4 is 5.71 Å². The van der Waals surface area contributed by atoms with E-state index in [0.717, 1.165) is 11.3 Å². The summed E-state index contributed by atoms with van der Waals surface area (Å²) in [5, 5.41) is 13.2. The van der Waals surface area contributed by atoms with E-state index in [2.05, 4.69) is 9.99 Å². The second-order valence-corrected chi connectivity index (χ2v) is 2.81. The van der Waals surface area contributed by atoms with E-state index in [-0.39, 0.29) is 0 Å². The number of phenols is 1. The van der Waals surface area contributed by atoms with Gasteiger partial charge in [-0.25, -0.2) is 0 Å². The molecule has 0 aromatic heterocycles. The highest BCUT2D eigenvalue weighted by Gasteiger charge is 2.01. The first-order valence-corrected chi connectivity index (χ1v) is 4.07. The minimum Gasteiger partial charge on any atom is -0.508 e.